The van der Waals surface area contributed by atoms with Gasteiger partial charge in [-0.05, 0) is 52.2 Å². The minimum Gasteiger partial charge on any atom is -0.398 e. The lowest BCUT2D eigenvalue weighted by molar-refractivity contribution is -0.116. The fourth-order valence-corrected chi connectivity index (χ4v) is 3.11. The molecule has 4 nitrogen and oxygen atoms in total. The number of hydrogen-bond donors (Lipinski definition) is 2. The highest BCUT2D eigenvalue weighted by molar-refractivity contribution is 9.10. The first-order chi connectivity index (χ1) is 9.61. The van der Waals surface area contributed by atoms with E-state index in [1.807, 2.05) is 24.3 Å². The maximum atomic E-state index is 11.5. The number of carbonyl (C=O) groups excluding carboxylic acids is 1. The molecule has 2 aromatic rings. The summed E-state index contributed by atoms with van der Waals surface area (Å²) in [7, 11) is 0. The number of nitrogens with two attached hydrogens (primary N) is 1. The molecule has 3 N–H and O–H groups in total. The van der Waals surface area contributed by atoms with Crippen molar-refractivity contribution in [3.63, 3.8) is 0 Å². The van der Waals surface area contributed by atoms with Gasteiger partial charge in [0.25, 0.3) is 0 Å². The summed E-state index contributed by atoms with van der Waals surface area (Å²) in [4.78, 5) is 16.7. The Morgan fingerprint density at radius 1 is 1.30 bits per heavy atom. The first-order valence-electron chi connectivity index (χ1n) is 6.13. The largest absolute Gasteiger partial charge is 0.398 e. The number of carbonyl (C=O) groups is 1. The fourth-order valence-electron chi connectivity index (χ4n) is 2.05. The van der Waals surface area contributed by atoms with Crippen LogP contribution in [0.15, 0.2) is 44.9 Å². The van der Waals surface area contributed by atoms with Gasteiger partial charge in [0, 0.05) is 33.4 Å². The third-order valence-electron chi connectivity index (χ3n) is 3.05. The molecule has 0 saturated carbocycles. The molecule has 1 amide bonds. The molecule has 102 valence electrons. The maximum Gasteiger partial charge on any atom is 0.224 e. The summed E-state index contributed by atoms with van der Waals surface area (Å²) in [6.45, 7) is 0. The van der Waals surface area contributed by atoms with Crippen molar-refractivity contribution in [1.29, 1.82) is 0 Å². The highest BCUT2D eigenvalue weighted by Gasteiger charge is 2.17. The zero-order chi connectivity index (χ0) is 14.1. The topological polar surface area (TPSA) is 68.0 Å². The average molecular weight is 350 g/mol. The van der Waals surface area contributed by atoms with Crippen LogP contribution in [0.5, 0.6) is 0 Å². The molecular weight excluding hydrogens is 338 g/mol. The van der Waals surface area contributed by atoms with Crippen LogP contribution in [0.25, 0.3) is 0 Å². The van der Waals surface area contributed by atoms with E-state index in [1.165, 1.54) is 11.8 Å². The Bertz CT molecular complexity index is 673. The second-order valence-corrected chi connectivity index (χ2v) is 6.49. The number of nitrogens with zero attached hydrogens (tertiary/aromatic N) is 1. The van der Waals surface area contributed by atoms with Gasteiger partial charge < -0.3 is 11.1 Å². The molecule has 2 heterocycles. The van der Waals surface area contributed by atoms with Crippen LogP contribution in [-0.2, 0) is 11.2 Å². The van der Waals surface area contributed by atoms with Crippen molar-refractivity contribution in [3.05, 3.63) is 40.5 Å². The normalized spacial score (nSPS) is 13.8. The number of nitrogen functional groups attached to an aromatic ring is 1. The molecule has 0 saturated heterocycles. The number of nitrogens with one attached hydrogen (secondary N) is 1. The maximum absolute atomic E-state index is 11.5. The Labute approximate surface area is 129 Å². The minimum absolute atomic E-state index is 0.0555. The lowest BCUT2D eigenvalue weighted by Crippen LogP contribution is -2.19. The molecule has 1 aliphatic rings. The van der Waals surface area contributed by atoms with E-state index in [0.29, 0.717) is 6.42 Å². The van der Waals surface area contributed by atoms with Crippen LogP contribution in [0.3, 0.4) is 0 Å². The van der Waals surface area contributed by atoms with Crippen molar-refractivity contribution in [2.45, 2.75) is 22.8 Å². The van der Waals surface area contributed by atoms with Gasteiger partial charge in [-0.15, -0.1) is 0 Å². The van der Waals surface area contributed by atoms with Crippen LogP contribution in [0, 0.1) is 0 Å². The predicted molar refractivity (Wildman–Crippen MR) is 83.9 cm³/mol. The van der Waals surface area contributed by atoms with E-state index in [2.05, 4.69) is 26.2 Å². The van der Waals surface area contributed by atoms with Crippen molar-refractivity contribution in [3.8, 4) is 0 Å². The minimum atomic E-state index is 0.0555. The average Bonchev–Trinajstić information content (AvgIpc) is 2.42. The molecule has 1 aromatic carbocycles. The molecule has 0 fully saturated rings. The molecule has 0 spiro atoms. The first-order valence-corrected chi connectivity index (χ1v) is 7.74. The molecule has 0 aliphatic carbocycles. The lowest BCUT2D eigenvalue weighted by atomic mass is 10.0. The molecule has 0 unspecified atom stereocenters. The molecule has 20 heavy (non-hydrogen) atoms. The standard InChI is InChI=1S/C14H12BrN3OS/c15-9-2-4-14(17-7-9)20-12-6-11-8(5-10(12)16)1-3-13(19)18-11/h2,4-7H,1,3,16H2,(H,18,19). The van der Waals surface area contributed by atoms with Crippen LogP contribution in [0.4, 0.5) is 11.4 Å². The van der Waals surface area contributed by atoms with Gasteiger partial charge in [0.05, 0.1) is 0 Å². The number of fused-ring (bicyclic) bond motifs is 1. The quantitative estimate of drug-likeness (QED) is 0.814. The number of amides is 1. The predicted octanol–water partition coefficient (Wildman–Crippen LogP) is 3.46. The van der Waals surface area contributed by atoms with E-state index >= 15 is 0 Å². The van der Waals surface area contributed by atoms with Gasteiger partial charge >= 0.3 is 0 Å². The van der Waals surface area contributed by atoms with Gasteiger partial charge in [-0.2, -0.15) is 0 Å². The fraction of sp³-hybridized carbons (Fsp3) is 0.143. The van der Waals surface area contributed by atoms with Crippen molar-refractivity contribution in [2.75, 3.05) is 11.1 Å². The van der Waals surface area contributed by atoms with Gasteiger partial charge in [-0.1, -0.05) is 11.8 Å². The van der Waals surface area contributed by atoms with Crippen LogP contribution < -0.4 is 11.1 Å². The Hall–Kier alpha value is -1.53. The van der Waals surface area contributed by atoms with E-state index in [1.54, 1.807) is 6.20 Å². The summed E-state index contributed by atoms with van der Waals surface area (Å²) in [5.41, 5.74) is 8.75. The summed E-state index contributed by atoms with van der Waals surface area (Å²) in [5.74, 6) is 0.0555. The van der Waals surface area contributed by atoms with Gasteiger partial charge in [-0.25, -0.2) is 4.98 Å². The lowest BCUT2D eigenvalue weighted by Gasteiger charge is -2.18. The summed E-state index contributed by atoms with van der Waals surface area (Å²) < 4.78 is 0.938. The van der Waals surface area contributed by atoms with E-state index in [4.69, 9.17) is 5.73 Å². The first kappa shape index (κ1) is 13.5. The van der Waals surface area contributed by atoms with E-state index in [-0.39, 0.29) is 5.91 Å². The van der Waals surface area contributed by atoms with Gasteiger partial charge in [-0.3, -0.25) is 4.79 Å². The van der Waals surface area contributed by atoms with E-state index in [9.17, 15) is 4.79 Å². The van der Waals surface area contributed by atoms with Crippen LogP contribution in [-0.4, -0.2) is 10.9 Å². The molecule has 0 bridgehead atoms. The number of rotatable bonds is 2. The van der Waals surface area contributed by atoms with Crippen molar-refractivity contribution in [2.24, 2.45) is 0 Å². The second kappa shape index (κ2) is 5.46. The molecule has 1 aliphatic heterocycles. The third kappa shape index (κ3) is 2.81. The monoisotopic (exact) mass is 349 g/mol. The smallest absolute Gasteiger partial charge is 0.224 e. The third-order valence-corrected chi connectivity index (χ3v) is 4.54. The number of pyridine rings is 1. The number of aromatic nitrogens is 1. The highest BCUT2D eigenvalue weighted by Crippen LogP contribution is 2.36. The number of halogens is 1. The Balaban J connectivity index is 1.91. The summed E-state index contributed by atoms with van der Waals surface area (Å²) >= 11 is 4.85. The number of hydrogen-bond acceptors (Lipinski definition) is 4. The SMILES string of the molecule is Nc1cc2c(cc1Sc1ccc(Br)cn1)NC(=O)CC2. The van der Waals surface area contributed by atoms with Crippen LogP contribution >= 0.6 is 27.7 Å². The Morgan fingerprint density at radius 2 is 2.15 bits per heavy atom. The highest BCUT2D eigenvalue weighted by atomic mass is 79.9. The number of aryl methyl sites for hydroxylation is 1. The Morgan fingerprint density at radius 3 is 2.90 bits per heavy atom. The van der Waals surface area contributed by atoms with Crippen molar-refractivity contribution >= 4 is 45.0 Å². The van der Waals surface area contributed by atoms with Gasteiger partial charge in [0.2, 0.25) is 5.91 Å². The Kier molecular flexibility index (Phi) is 3.67. The van der Waals surface area contributed by atoms with Crippen molar-refractivity contribution in [1.82, 2.24) is 4.98 Å². The van der Waals surface area contributed by atoms with Crippen LogP contribution in [0.2, 0.25) is 0 Å². The summed E-state index contributed by atoms with van der Waals surface area (Å²) in [5, 5.41) is 3.75. The molecule has 1 aromatic heterocycles. The summed E-state index contributed by atoms with van der Waals surface area (Å²) in [6, 6.07) is 7.73. The number of benzene rings is 1. The van der Waals surface area contributed by atoms with Crippen LogP contribution in [0.1, 0.15) is 12.0 Å². The zero-order valence-corrected chi connectivity index (χ0v) is 12.9. The summed E-state index contributed by atoms with van der Waals surface area (Å²) in [6.07, 6.45) is 3.01. The number of anilines is 2. The molecule has 6 heteroatoms. The molecular formula is C14H12BrN3OS. The van der Waals surface area contributed by atoms with Gasteiger partial charge in [0.15, 0.2) is 0 Å². The van der Waals surface area contributed by atoms with E-state index < -0.39 is 0 Å². The molecule has 0 radical (unpaired) electrons. The second-order valence-electron chi connectivity index (χ2n) is 4.51. The van der Waals surface area contributed by atoms with E-state index in [0.717, 1.165) is 37.8 Å². The van der Waals surface area contributed by atoms with Crippen molar-refractivity contribution < 1.29 is 4.79 Å². The zero-order valence-electron chi connectivity index (χ0n) is 10.5. The molecule has 3 rings (SSSR count). The molecule has 0 atom stereocenters. The van der Waals surface area contributed by atoms with Gasteiger partial charge in [0.1, 0.15) is 5.03 Å².